The molecule has 26 heavy (non-hydrogen) atoms. The zero-order valence-electron chi connectivity index (χ0n) is 14.9. The number of nitrogens with zero attached hydrogens (tertiary/aromatic N) is 3. The van der Waals surface area contributed by atoms with Crippen molar-refractivity contribution in [3.63, 3.8) is 0 Å². The van der Waals surface area contributed by atoms with Gasteiger partial charge in [0.15, 0.2) is 0 Å². The van der Waals surface area contributed by atoms with E-state index in [1.165, 1.54) is 19.3 Å². The average Bonchev–Trinajstić information content (AvgIpc) is 2.66. The monoisotopic (exact) mass is 418 g/mol. The molecule has 1 fully saturated rings. The van der Waals surface area contributed by atoms with Crippen molar-refractivity contribution in [1.82, 2.24) is 15.3 Å². The van der Waals surface area contributed by atoms with Crippen LogP contribution >= 0.6 is 15.9 Å². The van der Waals surface area contributed by atoms with Crippen molar-refractivity contribution in [2.45, 2.75) is 26.2 Å². The summed E-state index contributed by atoms with van der Waals surface area (Å²) in [6.07, 6.45) is 3.67. The Labute approximate surface area is 162 Å². The molecule has 6 nitrogen and oxygen atoms in total. The van der Waals surface area contributed by atoms with E-state index in [1.54, 1.807) is 6.07 Å². The molecule has 1 N–H and O–H groups in total. The van der Waals surface area contributed by atoms with E-state index in [4.69, 9.17) is 4.74 Å². The van der Waals surface area contributed by atoms with Gasteiger partial charge in [-0.15, -0.1) is 0 Å². The lowest BCUT2D eigenvalue weighted by atomic mass is 10.1. The number of ether oxygens (including phenoxy) is 1. The van der Waals surface area contributed by atoms with Crippen LogP contribution in [0.5, 0.6) is 5.88 Å². The molecule has 1 aromatic carbocycles. The summed E-state index contributed by atoms with van der Waals surface area (Å²) in [6.45, 7) is 4.68. The molecule has 7 heteroatoms. The number of nitrogens with one attached hydrogen (secondary N) is 1. The molecule has 2 aromatic rings. The highest BCUT2D eigenvalue weighted by Crippen LogP contribution is 2.21. The molecule has 0 saturated carbocycles. The number of carbonyl (C=O) groups is 1. The van der Waals surface area contributed by atoms with Crippen LogP contribution in [0, 0.1) is 6.92 Å². The Morgan fingerprint density at radius 3 is 2.77 bits per heavy atom. The first-order chi connectivity index (χ1) is 12.6. The molecule has 1 aromatic heterocycles. The predicted molar refractivity (Wildman–Crippen MR) is 105 cm³/mol. The molecule has 2 heterocycles. The Hall–Kier alpha value is -2.15. The van der Waals surface area contributed by atoms with Gasteiger partial charge in [0.05, 0.1) is 12.1 Å². The normalized spacial score (nSPS) is 14.2. The number of carbonyl (C=O) groups excluding carboxylic acids is 1. The lowest BCUT2D eigenvalue weighted by molar-refractivity contribution is 0.0945. The van der Waals surface area contributed by atoms with Gasteiger partial charge in [-0.2, -0.15) is 4.98 Å². The lowest BCUT2D eigenvalue weighted by Crippen LogP contribution is -2.30. The van der Waals surface area contributed by atoms with E-state index in [-0.39, 0.29) is 5.91 Å². The molecule has 3 rings (SSSR count). The van der Waals surface area contributed by atoms with Crippen molar-refractivity contribution in [3.8, 4) is 5.88 Å². The van der Waals surface area contributed by atoms with Crippen molar-refractivity contribution in [1.29, 1.82) is 0 Å². The third-order valence-electron chi connectivity index (χ3n) is 4.24. The number of hydrogen-bond donors (Lipinski definition) is 1. The summed E-state index contributed by atoms with van der Waals surface area (Å²) >= 11 is 3.38. The minimum absolute atomic E-state index is 0.131. The third-order valence-corrected chi connectivity index (χ3v) is 4.93. The first-order valence-corrected chi connectivity index (χ1v) is 9.69. The molecule has 1 aliphatic rings. The summed E-state index contributed by atoms with van der Waals surface area (Å²) < 4.78 is 6.50. The Morgan fingerprint density at radius 2 is 2.00 bits per heavy atom. The summed E-state index contributed by atoms with van der Waals surface area (Å²) in [5, 5.41) is 2.85. The highest BCUT2D eigenvalue weighted by Gasteiger charge is 2.14. The van der Waals surface area contributed by atoms with Gasteiger partial charge in [-0.05, 0) is 54.2 Å². The molecule has 0 aliphatic carbocycles. The van der Waals surface area contributed by atoms with Gasteiger partial charge in [0, 0.05) is 23.6 Å². The fourth-order valence-electron chi connectivity index (χ4n) is 2.94. The highest BCUT2D eigenvalue weighted by atomic mass is 79.9. The second-order valence-corrected chi connectivity index (χ2v) is 7.10. The zero-order chi connectivity index (χ0) is 18.4. The number of aryl methyl sites for hydroxylation is 1. The second-order valence-electron chi connectivity index (χ2n) is 6.24. The Balaban J connectivity index is 1.52. The SMILES string of the molecule is Cc1nc(OCCNC(=O)c2ccccc2Br)cc(N2CCCCC2)n1. The van der Waals surface area contributed by atoms with Crippen LogP contribution in [-0.2, 0) is 0 Å². The van der Waals surface area contributed by atoms with Crippen LogP contribution in [0.15, 0.2) is 34.8 Å². The molecule has 0 radical (unpaired) electrons. The summed E-state index contributed by atoms with van der Waals surface area (Å²) in [6, 6.07) is 9.22. The number of piperidine rings is 1. The van der Waals surface area contributed by atoms with Crippen molar-refractivity contribution >= 4 is 27.7 Å². The molecule has 0 unspecified atom stereocenters. The first-order valence-electron chi connectivity index (χ1n) is 8.89. The van der Waals surface area contributed by atoms with Crippen LogP contribution in [0.3, 0.4) is 0 Å². The summed E-state index contributed by atoms with van der Waals surface area (Å²) in [5.41, 5.74) is 0.609. The Kier molecular flexibility index (Phi) is 6.44. The van der Waals surface area contributed by atoms with Crippen molar-refractivity contribution in [2.24, 2.45) is 0 Å². The second kappa shape index (κ2) is 8.98. The van der Waals surface area contributed by atoms with Gasteiger partial charge in [0.25, 0.3) is 5.91 Å². The molecule has 0 bridgehead atoms. The van der Waals surface area contributed by atoms with Crippen LogP contribution in [0.25, 0.3) is 0 Å². The van der Waals surface area contributed by atoms with E-state index < -0.39 is 0 Å². The standard InChI is InChI=1S/C19H23BrN4O2/c1-14-22-17(24-10-5-2-6-11-24)13-18(23-14)26-12-9-21-19(25)15-7-3-4-8-16(15)20/h3-4,7-8,13H,2,5-6,9-12H2,1H3,(H,21,25). The summed E-state index contributed by atoms with van der Waals surface area (Å²) in [5.74, 6) is 2.03. The number of anilines is 1. The average molecular weight is 419 g/mol. The van der Waals surface area contributed by atoms with Crippen molar-refractivity contribution < 1.29 is 9.53 Å². The van der Waals surface area contributed by atoms with Crippen molar-refractivity contribution in [2.75, 3.05) is 31.1 Å². The van der Waals surface area contributed by atoms with E-state index in [9.17, 15) is 4.79 Å². The maximum Gasteiger partial charge on any atom is 0.252 e. The number of aromatic nitrogens is 2. The van der Waals surface area contributed by atoms with Crippen molar-refractivity contribution in [3.05, 3.63) is 46.2 Å². The van der Waals surface area contributed by atoms with E-state index in [0.717, 1.165) is 23.4 Å². The van der Waals surface area contributed by atoms with Gasteiger partial charge in [0.1, 0.15) is 18.2 Å². The molecule has 0 spiro atoms. The number of amides is 1. The number of halogens is 1. The maximum atomic E-state index is 12.2. The van der Waals surface area contributed by atoms with Crippen LogP contribution in [0.1, 0.15) is 35.4 Å². The molecular formula is C19H23BrN4O2. The number of hydrogen-bond acceptors (Lipinski definition) is 5. The first kappa shape index (κ1) is 18.6. The predicted octanol–water partition coefficient (Wildman–Crippen LogP) is 3.35. The largest absolute Gasteiger partial charge is 0.476 e. The van der Waals surface area contributed by atoms with Gasteiger partial charge in [-0.3, -0.25) is 4.79 Å². The minimum atomic E-state index is -0.131. The fourth-order valence-corrected chi connectivity index (χ4v) is 3.41. The molecular weight excluding hydrogens is 396 g/mol. The van der Waals surface area contributed by atoms with Crippen LogP contribution < -0.4 is 15.0 Å². The van der Waals surface area contributed by atoms with Gasteiger partial charge >= 0.3 is 0 Å². The van der Waals surface area contributed by atoms with E-state index in [1.807, 2.05) is 31.2 Å². The topological polar surface area (TPSA) is 67.3 Å². The van der Waals surface area contributed by atoms with E-state index >= 15 is 0 Å². The molecule has 1 aliphatic heterocycles. The number of benzene rings is 1. The highest BCUT2D eigenvalue weighted by molar-refractivity contribution is 9.10. The van der Waals surface area contributed by atoms with Gasteiger partial charge in [-0.25, -0.2) is 4.98 Å². The summed E-state index contributed by atoms with van der Waals surface area (Å²) in [4.78, 5) is 23.3. The van der Waals surface area contributed by atoms with Crippen LogP contribution in [0.4, 0.5) is 5.82 Å². The zero-order valence-corrected chi connectivity index (χ0v) is 16.5. The summed E-state index contributed by atoms with van der Waals surface area (Å²) in [7, 11) is 0. The maximum absolute atomic E-state index is 12.2. The van der Waals surface area contributed by atoms with E-state index in [2.05, 4.69) is 36.1 Å². The minimum Gasteiger partial charge on any atom is -0.476 e. The molecule has 1 saturated heterocycles. The van der Waals surface area contributed by atoms with Gasteiger partial charge in [0.2, 0.25) is 5.88 Å². The van der Waals surface area contributed by atoms with E-state index in [0.29, 0.717) is 30.4 Å². The molecule has 1 amide bonds. The van der Waals surface area contributed by atoms with Crippen LogP contribution in [0.2, 0.25) is 0 Å². The number of rotatable bonds is 6. The van der Waals surface area contributed by atoms with Gasteiger partial charge < -0.3 is 15.0 Å². The van der Waals surface area contributed by atoms with Gasteiger partial charge in [-0.1, -0.05) is 12.1 Å². The molecule has 0 atom stereocenters. The third kappa shape index (κ3) is 4.94. The Morgan fingerprint density at radius 1 is 1.23 bits per heavy atom. The lowest BCUT2D eigenvalue weighted by Gasteiger charge is -2.28. The Bertz CT molecular complexity index is 763. The quantitative estimate of drug-likeness (QED) is 0.728. The fraction of sp³-hybridized carbons (Fsp3) is 0.421. The van der Waals surface area contributed by atoms with Crippen LogP contribution in [-0.4, -0.2) is 42.1 Å². The molecule has 138 valence electrons. The smallest absolute Gasteiger partial charge is 0.252 e.